The molecule has 0 fully saturated rings. The molecule has 1 heterocycles. The number of thiophene rings is 1. The van der Waals surface area contributed by atoms with E-state index in [1.165, 1.54) is 11.3 Å². The second kappa shape index (κ2) is 11.0. The van der Waals surface area contributed by atoms with Crippen molar-refractivity contribution in [3.63, 3.8) is 0 Å². The molecule has 5 nitrogen and oxygen atoms in total. The van der Waals surface area contributed by atoms with Gasteiger partial charge in [-0.1, -0.05) is 18.5 Å². The molecule has 0 aliphatic carbocycles. The fraction of sp³-hybridized carbons (Fsp3) is 0.429. The van der Waals surface area contributed by atoms with Crippen LogP contribution in [0.4, 0.5) is 5.00 Å². The summed E-state index contributed by atoms with van der Waals surface area (Å²) in [5.74, 6) is 0.131. The van der Waals surface area contributed by atoms with Crippen molar-refractivity contribution in [1.82, 2.24) is 0 Å². The lowest BCUT2D eigenvalue weighted by atomic mass is 10.1. The van der Waals surface area contributed by atoms with Crippen LogP contribution in [-0.4, -0.2) is 25.1 Å². The van der Waals surface area contributed by atoms with Gasteiger partial charge in [-0.15, -0.1) is 11.3 Å². The largest absolute Gasteiger partial charge is 0.492 e. The first-order valence-corrected chi connectivity index (χ1v) is 11.4. The van der Waals surface area contributed by atoms with Crippen LogP contribution in [-0.2, 0) is 16.0 Å². The van der Waals surface area contributed by atoms with Gasteiger partial charge in [-0.05, 0) is 72.8 Å². The first-order chi connectivity index (χ1) is 13.8. The van der Waals surface area contributed by atoms with Crippen molar-refractivity contribution in [3.05, 3.63) is 43.2 Å². The first kappa shape index (κ1) is 23.7. The van der Waals surface area contributed by atoms with E-state index in [1.54, 1.807) is 13.0 Å². The lowest BCUT2D eigenvalue weighted by molar-refractivity contribution is -0.116. The van der Waals surface area contributed by atoms with E-state index in [0.29, 0.717) is 41.0 Å². The summed E-state index contributed by atoms with van der Waals surface area (Å²) in [6, 6.07) is 3.66. The van der Waals surface area contributed by atoms with Gasteiger partial charge >= 0.3 is 5.97 Å². The Balaban J connectivity index is 1.91. The third kappa shape index (κ3) is 6.20. The number of amides is 1. The molecule has 0 aliphatic rings. The minimum atomic E-state index is -0.416. The summed E-state index contributed by atoms with van der Waals surface area (Å²) in [4.78, 5) is 25.5. The smallest absolute Gasteiger partial charge is 0.341 e. The molecule has 158 valence electrons. The van der Waals surface area contributed by atoms with Crippen molar-refractivity contribution in [2.24, 2.45) is 0 Å². The molecule has 0 atom stereocenters. The zero-order valence-electron chi connectivity index (χ0n) is 17.0. The van der Waals surface area contributed by atoms with E-state index >= 15 is 0 Å². The van der Waals surface area contributed by atoms with Gasteiger partial charge in [-0.25, -0.2) is 4.79 Å². The number of anilines is 1. The Labute approximate surface area is 188 Å². The maximum atomic E-state index is 12.3. The summed E-state index contributed by atoms with van der Waals surface area (Å²) < 4.78 is 11.7. The topological polar surface area (TPSA) is 64.6 Å². The molecular formula is C21H25BrClNO4S. The fourth-order valence-electron chi connectivity index (χ4n) is 2.68. The Hall–Kier alpha value is -1.57. The molecule has 8 heteroatoms. The Morgan fingerprint density at radius 2 is 1.97 bits per heavy atom. The third-order valence-corrected chi connectivity index (χ3v) is 7.02. The molecule has 0 radical (unpaired) electrons. The average Bonchev–Trinajstić information content (AvgIpc) is 3.10. The molecule has 0 saturated heterocycles. The van der Waals surface area contributed by atoms with E-state index < -0.39 is 5.97 Å². The van der Waals surface area contributed by atoms with E-state index in [1.807, 2.05) is 26.8 Å². The minimum absolute atomic E-state index is 0.161. The van der Waals surface area contributed by atoms with Crippen molar-refractivity contribution in [2.75, 3.05) is 18.5 Å². The third-order valence-electron chi connectivity index (χ3n) is 4.25. The van der Waals surface area contributed by atoms with Gasteiger partial charge in [0.25, 0.3) is 0 Å². The number of halogens is 2. The molecule has 29 heavy (non-hydrogen) atoms. The number of rotatable bonds is 9. The SMILES string of the molecule is CCOC(=O)c1cc(CC)sc1NC(=O)CCCOc1cc(C)c(Cl)c(C)c1Br. The maximum Gasteiger partial charge on any atom is 0.341 e. The van der Waals surface area contributed by atoms with Crippen LogP contribution in [0, 0.1) is 13.8 Å². The molecular weight excluding hydrogens is 478 g/mol. The fourth-order valence-corrected chi connectivity index (χ4v) is 4.37. The standard InChI is InChI=1S/C21H25BrClNO4S/c1-5-14-11-15(21(26)27-6-2)20(29-14)24-17(25)8-7-9-28-16-10-12(3)19(23)13(4)18(16)22/h10-11H,5-9H2,1-4H3,(H,24,25). The summed E-state index contributed by atoms with van der Waals surface area (Å²) in [6.45, 7) is 8.29. The Morgan fingerprint density at radius 1 is 1.24 bits per heavy atom. The lowest BCUT2D eigenvalue weighted by Gasteiger charge is -2.13. The molecule has 0 bridgehead atoms. The molecule has 0 unspecified atom stereocenters. The van der Waals surface area contributed by atoms with Gasteiger partial charge in [0, 0.05) is 16.3 Å². The summed E-state index contributed by atoms with van der Waals surface area (Å²) in [5.41, 5.74) is 2.28. The highest BCUT2D eigenvalue weighted by molar-refractivity contribution is 9.10. The van der Waals surface area contributed by atoms with Crippen molar-refractivity contribution in [1.29, 1.82) is 0 Å². The van der Waals surface area contributed by atoms with Gasteiger partial charge in [0.15, 0.2) is 0 Å². The van der Waals surface area contributed by atoms with E-state index in [-0.39, 0.29) is 12.3 Å². The summed E-state index contributed by atoms with van der Waals surface area (Å²) in [6.07, 6.45) is 1.61. The monoisotopic (exact) mass is 501 g/mol. The Bertz CT molecular complexity index is 897. The van der Waals surface area contributed by atoms with Crippen LogP contribution in [0.1, 0.15) is 53.1 Å². The average molecular weight is 503 g/mol. The second-order valence-corrected chi connectivity index (χ2v) is 8.78. The van der Waals surface area contributed by atoms with Gasteiger partial charge in [0.05, 0.1) is 23.2 Å². The van der Waals surface area contributed by atoms with Gasteiger partial charge in [0.1, 0.15) is 10.8 Å². The zero-order valence-corrected chi connectivity index (χ0v) is 20.1. The molecule has 2 aromatic rings. The number of hydrogen-bond acceptors (Lipinski definition) is 5. The van der Waals surface area contributed by atoms with Crippen molar-refractivity contribution < 1.29 is 19.1 Å². The predicted molar refractivity (Wildman–Crippen MR) is 122 cm³/mol. The first-order valence-electron chi connectivity index (χ1n) is 9.46. The highest BCUT2D eigenvalue weighted by atomic mass is 79.9. The number of hydrogen-bond donors (Lipinski definition) is 1. The van der Waals surface area contributed by atoms with Crippen LogP contribution in [0.5, 0.6) is 5.75 Å². The number of ether oxygens (including phenoxy) is 2. The van der Waals surface area contributed by atoms with E-state index in [0.717, 1.165) is 26.9 Å². The zero-order chi connectivity index (χ0) is 21.6. The number of carbonyl (C=O) groups is 2. The van der Waals surface area contributed by atoms with E-state index in [4.69, 9.17) is 21.1 Å². The van der Waals surface area contributed by atoms with Gasteiger partial charge in [-0.3, -0.25) is 4.79 Å². The molecule has 1 amide bonds. The summed E-state index contributed by atoms with van der Waals surface area (Å²) in [7, 11) is 0. The summed E-state index contributed by atoms with van der Waals surface area (Å²) >= 11 is 11.1. The molecule has 0 saturated carbocycles. The molecule has 2 rings (SSSR count). The maximum absolute atomic E-state index is 12.3. The second-order valence-electron chi connectivity index (χ2n) is 6.47. The molecule has 1 aromatic carbocycles. The van der Waals surface area contributed by atoms with Crippen LogP contribution in [0.25, 0.3) is 0 Å². The van der Waals surface area contributed by atoms with E-state index in [2.05, 4.69) is 21.2 Å². The predicted octanol–water partition coefficient (Wildman–Crippen LogP) is 6.32. The number of aryl methyl sites for hydroxylation is 2. The number of esters is 1. The van der Waals surface area contributed by atoms with Gasteiger partial charge < -0.3 is 14.8 Å². The highest BCUT2D eigenvalue weighted by Crippen LogP contribution is 2.36. The van der Waals surface area contributed by atoms with Crippen LogP contribution in [0.3, 0.4) is 0 Å². The molecule has 1 N–H and O–H groups in total. The van der Waals surface area contributed by atoms with Gasteiger partial charge in [-0.2, -0.15) is 0 Å². The van der Waals surface area contributed by atoms with Crippen molar-refractivity contribution in [3.8, 4) is 5.75 Å². The van der Waals surface area contributed by atoms with Crippen LogP contribution in [0.2, 0.25) is 5.02 Å². The highest BCUT2D eigenvalue weighted by Gasteiger charge is 2.18. The van der Waals surface area contributed by atoms with Crippen molar-refractivity contribution >= 4 is 55.7 Å². The number of benzene rings is 1. The van der Waals surface area contributed by atoms with Crippen molar-refractivity contribution in [2.45, 2.75) is 47.0 Å². The minimum Gasteiger partial charge on any atom is -0.492 e. The quantitative estimate of drug-likeness (QED) is 0.322. The Morgan fingerprint density at radius 3 is 2.62 bits per heavy atom. The van der Waals surface area contributed by atoms with E-state index in [9.17, 15) is 9.59 Å². The molecule has 0 aliphatic heterocycles. The molecule has 0 spiro atoms. The van der Waals surface area contributed by atoms with Crippen LogP contribution < -0.4 is 10.1 Å². The number of nitrogens with one attached hydrogen (secondary N) is 1. The Kier molecular flexibility index (Phi) is 8.99. The van der Waals surface area contributed by atoms with Gasteiger partial charge in [0.2, 0.25) is 5.91 Å². The number of carbonyl (C=O) groups excluding carboxylic acids is 2. The lowest BCUT2D eigenvalue weighted by Crippen LogP contribution is -2.15. The van der Waals surface area contributed by atoms with Crippen LogP contribution >= 0.6 is 38.9 Å². The van der Waals surface area contributed by atoms with Crippen LogP contribution in [0.15, 0.2) is 16.6 Å². The normalized spacial score (nSPS) is 10.7. The molecule has 1 aromatic heterocycles. The summed E-state index contributed by atoms with van der Waals surface area (Å²) in [5, 5.41) is 4.09.